The van der Waals surface area contributed by atoms with Gasteiger partial charge in [0.15, 0.2) is 9.84 Å². The Balaban J connectivity index is 1.90. The Morgan fingerprint density at radius 3 is 2.83 bits per heavy atom. The normalized spacial score (nSPS) is 21.7. The van der Waals surface area contributed by atoms with Crippen LogP contribution >= 0.6 is 0 Å². The number of nitrogens with zero attached hydrogens (tertiary/aromatic N) is 3. The molecule has 0 bridgehead atoms. The summed E-state index contributed by atoms with van der Waals surface area (Å²) in [5, 5.41) is 6.76. The van der Waals surface area contributed by atoms with Crippen LogP contribution in [0, 0.1) is 0 Å². The molecule has 2 aromatic rings. The van der Waals surface area contributed by atoms with Gasteiger partial charge in [-0.15, -0.1) is 0 Å². The molecule has 1 saturated heterocycles. The van der Waals surface area contributed by atoms with E-state index in [4.69, 9.17) is 0 Å². The molecule has 0 unspecified atom stereocenters. The van der Waals surface area contributed by atoms with Crippen molar-refractivity contribution in [2.24, 2.45) is 0 Å². The van der Waals surface area contributed by atoms with Crippen molar-refractivity contribution in [3.63, 3.8) is 0 Å². The van der Waals surface area contributed by atoms with Crippen molar-refractivity contribution in [1.29, 1.82) is 0 Å². The number of rotatable bonds is 3. The number of pyridine rings is 1. The quantitative estimate of drug-likeness (QED) is 0.904. The Kier molecular flexibility index (Phi) is 4.16. The Bertz CT molecular complexity index is 847. The highest BCUT2D eigenvalue weighted by molar-refractivity contribution is 7.90. The number of aromatic amines is 1. The SMILES string of the molecule is C[C@]1(c2[nH]ncc2S(C)(=O)=O)CCCN(C(=O)c2ccccn2)C1. The molecule has 1 amide bonds. The van der Waals surface area contributed by atoms with Crippen molar-refractivity contribution in [1.82, 2.24) is 20.1 Å². The van der Waals surface area contributed by atoms with E-state index in [9.17, 15) is 13.2 Å². The molecule has 0 aliphatic carbocycles. The van der Waals surface area contributed by atoms with Gasteiger partial charge in [-0.05, 0) is 25.0 Å². The van der Waals surface area contributed by atoms with Crippen LogP contribution in [0.3, 0.4) is 0 Å². The van der Waals surface area contributed by atoms with Gasteiger partial charge in [-0.1, -0.05) is 13.0 Å². The molecule has 0 aromatic carbocycles. The molecule has 3 rings (SSSR count). The third-order valence-corrected chi connectivity index (χ3v) is 5.58. The van der Waals surface area contributed by atoms with Crippen LogP contribution in [0.5, 0.6) is 0 Å². The maximum atomic E-state index is 12.7. The summed E-state index contributed by atoms with van der Waals surface area (Å²) >= 11 is 0. The molecule has 1 aliphatic heterocycles. The van der Waals surface area contributed by atoms with Crippen molar-refractivity contribution in [2.75, 3.05) is 19.3 Å². The first-order valence-corrected chi connectivity index (χ1v) is 9.65. The number of carbonyl (C=O) groups is 1. The fourth-order valence-corrected chi connectivity index (χ4v) is 4.16. The molecule has 2 aromatic heterocycles. The fourth-order valence-electron chi connectivity index (χ4n) is 3.26. The van der Waals surface area contributed by atoms with E-state index in [0.29, 0.717) is 24.5 Å². The maximum Gasteiger partial charge on any atom is 0.272 e. The Hall–Kier alpha value is -2.22. The molecular weight excluding hydrogens is 328 g/mol. The average molecular weight is 348 g/mol. The minimum absolute atomic E-state index is 0.137. The van der Waals surface area contributed by atoms with Crippen LogP contribution < -0.4 is 0 Å². The number of nitrogens with one attached hydrogen (secondary N) is 1. The standard InChI is InChI=1S/C16H20N4O3S/c1-16(14-13(10-18-19-14)24(2,22)23)7-5-9-20(11-16)15(21)12-6-3-4-8-17-12/h3-4,6,8,10H,5,7,9,11H2,1-2H3,(H,18,19)/t16-/m0/s1. The van der Waals surface area contributed by atoms with E-state index in [2.05, 4.69) is 15.2 Å². The molecule has 7 nitrogen and oxygen atoms in total. The van der Waals surface area contributed by atoms with Crippen LogP contribution in [0.1, 0.15) is 35.9 Å². The molecule has 1 N–H and O–H groups in total. The number of hydrogen-bond acceptors (Lipinski definition) is 5. The third kappa shape index (κ3) is 3.06. The second kappa shape index (κ2) is 6.01. The number of carbonyl (C=O) groups excluding carboxylic acids is 1. The second-order valence-electron chi connectivity index (χ2n) is 6.49. The second-order valence-corrected chi connectivity index (χ2v) is 8.47. The van der Waals surface area contributed by atoms with E-state index in [1.165, 1.54) is 12.5 Å². The van der Waals surface area contributed by atoms with Gasteiger partial charge in [0.05, 0.1) is 11.9 Å². The van der Waals surface area contributed by atoms with Crippen molar-refractivity contribution in [2.45, 2.75) is 30.1 Å². The van der Waals surface area contributed by atoms with Crippen molar-refractivity contribution in [3.05, 3.63) is 42.0 Å². The van der Waals surface area contributed by atoms with Crippen LogP contribution in [0.25, 0.3) is 0 Å². The molecule has 8 heteroatoms. The number of hydrogen-bond donors (Lipinski definition) is 1. The summed E-state index contributed by atoms with van der Waals surface area (Å²) in [5.74, 6) is -0.137. The van der Waals surface area contributed by atoms with Crippen molar-refractivity contribution < 1.29 is 13.2 Å². The number of H-pyrrole nitrogens is 1. The molecule has 0 saturated carbocycles. The zero-order chi connectivity index (χ0) is 17.4. The lowest BCUT2D eigenvalue weighted by atomic mass is 9.79. The Morgan fingerprint density at radius 2 is 2.17 bits per heavy atom. The van der Waals surface area contributed by atoms with Gasteiger partial charge in [-0.2, -0.15) is 5.10 Å². The van der Waals surface area contributed by atoms with E-state index in [1.54, 1.807) is 29.3 Å². The molecule has 1 fully saturated rings. The van der Waals surface area contributed by atoms with E-state index in [-0.39, 0.29) is 10.8 Å². The van der Waals surface area contributed by atoms with Gasteiger partial charge < -0.3 is 4.90 Å². The summed E-state index contributed by atoms with van der Waals surface area (Å²) in [6.07, 6.45) is 5.67. The van der Waals surface area contributed by atoms with Gasteiger partial charge in [0.25, 0.3) is 5.91 Å². The lowest BCUT2D eigenvalue weighted by molar-refractivity contribution is 0.0639. The van der Waals surface area contributed by atoms with E-state index in [1.807, 2.05) is 6.92 Å². The smallest absolute Gasteiger partial charge is 0.272 e. The molecule has 0 spiro atoms. The molecular formula is C16H20N4O3S. The Morgan fingerprint density at radius 1 is 1.38 bits per heavy atom. The van der Waals surface area contributed by atoms with Gasteiger partial charge in [0.1, 0.15) is 10.6 Å². The summed E-state index contributed by atoms with van der Waals surface area (Å²) in [5.41, 5.74) is 0.482. The highest BCUT2D eigenvalue weighted by Crippen LogP contribution is 2.36. The number of aromatic nitrogens is 3. The summed E-state index contributed by atoms with van der Waals surface area (Å²) in [6, 6.07) is 5.23. The third-order valence-electron chi connectivity index (χ3n) is 4.48. The highest BCUT2D eigenvalue weighted by Gasteiger charge is 2.39. The van der Waals surface area contributed by atoms with Crippen LogP contribution in [0.15, 0.2) is 35.5 Å². The first kappa shape index (κ1) is 16.6. The minimum Gasteiger partial charge on any atom is -0.336 e. The fraction of sp³-hybridized carbons (Fsp3) is 0.438. The van der Waals surface area contributed by atoms with E-state index in [0.717, 1.165) is 12.8 Å². The van der Waals surface area contributed by atoms with E-state index >= 15 is 0 Å². The van der Waals surface area contributed by atoms with Crippen LogP contribution in [0.2, 0.25) is 0 Å². The summed E-state index contributed by atoms with van der Waals surface area (Å²) in [6.45, 7) is 3.02. The lowest BCUT2D eigenvalue weighted by Crippen LogP contribution is -2.47. The summed E-state index contributed by atoms with van der Waals surface area (Å²) in [7, 11) is -3.38. The van der Waals surface area contributed by atoms with Crippen LogP contribution in [-0.2, 0) is 15.3 Å². The molecule has 1 aliphatic rings. The molecule has 24 heavy (non-hydrogen) atoms. The van der Waals surface area contributed by atoms with Crippen molar-refractivity contribution in [3.8, 4) is 0 Å². The summed E-state index contributed by atoms with van der Waals surface area (Å²) in [4.78, 5) is 18.7. The zero-order valence-electron chi connectivity index (χ0n) is 13.7. The van der Waals surface area contributed by atoms with Gasteiger partial charge in [-0.3, -0.25) is 14.9 Å². The van der Waals surface area contributed by atoms with Gasteiger partial charge >= 0.3 is 0 Å². The van der Waals surface area contributed by atoms with Crippen LogP contribution in [0.4, 0.5) is 0 Å². The van der Waals surface area contributed by atoms with Gasteiger partial charge in [-0.25, -0.2) is 8.42 Å². The molecule has 1 atom stereocenters. The average Bonchev–Trinajstić information content (AvgIpc) is 3.06. The topological polar surface area (TPSA) is 96.0 Å². The Labute approximate surface area is 141 Å². The van der Waals surface area contributed by atoms with Crippen molar-refractivity contribution >= 4 is 15.7 Å². The molecule has 0 radical (unpaired) electrons. The maximum absolute atomic E-state index is 12.7. The minimum atomic E-state index is -3.38. The number of piperidine rings is 1. The first-order valence-electron chi connectivity index (χ1n) is 7.75. The number of amides is 1. The predicted molar refractivity (Wildman–Crippen MR) is 88.4 cm³/mol. The monoisotopic (exact) mass is 348 g/mol. The number of sulfone groups is 1. The summed E-state index contributed by atoms with van der Waals surface area (Å²) < 4.78 is 24.0. The van der Waals surface area contributed by atoms with E-state index < -0.39 is 15.3 Å². The lowest BCUT2D eigenvalue weighted by Gasteiger charge is -2.40. The largest absolute Gasteiger partial charge is 0.336 e. The molecule has 128 valence electrons. The van der Waals surface area contributed by atoms with Crippen LogP contribution in [-0.4, -0.2) is 53.8 Å². The highest BCUT2D eigenvalue weighted by atomic mass is 32.2. The first-order chi connectivity index (χ1) is 11.3. The zero-order valence-corrected chi connectivity index (χ0v) is 14.5. The van der Waals surface area contributed by atoms with Gasteiger partial charge in [0, 0.05) is 31.0 Å². The van der Waals surface area contributed by atoms with Gasteiger partial charge in [0.2, 0.25) is 0 Å². The molecule has 3 heterocycles. The predicted octanol–water partition coefficient (Wildman–Crippen LogP) is 1.40. The number of likely N-dealkylation sites (tertiary alicyclic amines) is 1.